The fraction of sp³-hybridized carbons (Fsp3) is 0.0417. The van der Waals surface area contributed by atoms with Crippen molar-refractivity contribution < 1.29 is 0 Å². The molecule has 4 nitrogen and oxygen atoms in total. The van der Waals surface area contributed by atoms with Gasteiger partial charge in [-0.1, -0.05) is 49.9 Å². The number of hydrogen-bond donors (Lipinski definition) is 1. The largest absolute Gasteiger partial charge is 0.346 e. The second-order valence-corrected chi connectivity index (χ2v) is 6.40. The third kappa shape index (κ3) is 2.95. The van der Waals surface area contributed by atoms with Crippen LogP contribution in [0.25, 0.3) is 44.3 Å². The number of pyridine rings is 3. The zero-order valence-electron chi connectivity index (χ0n) is 14.4. The van der Waals surface area contributed by atoms with E-state index in [-0.39, 0.29) is 12.9 Å². The molecule has 0 saturated carbocycles. The molecule has 0 spiro atoms. The van der Waals surface area contributed by atoms with Crippen molar-refractivity contribution >= 4 is 21.9 Å². The number of hydrogen-bond acceptors (Lipinski definition) is 3. The first-order valence-corrected chi connectivity index (χ1v) is 8.73. The number of H-pyrrole nitrogens is 1. The van der Waals surface area contributed by atoms with Gasteiger partial charge >= 0.3 is 0 Å². The first-order chi connectivity index (χ1) is 13.3. The van der Waals surface area contributed by atoms with E-state index in [0.717, 1.165) is 33.3 Å². The summed E-state index contributed by atoms with van der Waals surface area (Å²) in [6, 6.07) is 23.6. The van der Waals surface area contributed by atoms with Gasteiger partial charge < -0.3 is 4.98 Å². The van der Waals surface area contributed by atoms with E-state index in [0.29, 0.717) is 11.0 Å². The van der Waals surface area contributed by atoms with Gasteiger partial charge in [0.05, 0.1) is 16.6 Å². The van der Waals surface area contributed by atoms with Crippen molar-refractivity contribution in [2.75, 3.05) is 0 Å². The Bertz CT molecular complexity index is 1340. The molecule has 0 bridgehead atoms. The van der Waals surface area contributed by atoms with Crippen LogP contribution in [0.3, 0.4) is 0 Å². The Hall–Kier alpha value is -3.79. The third-order valence-electron chi connectivity index (χ3n) is 4.70. The molecule has 0 amide bonds. The SMILES string of the molecule is C.O=c1cc[nH]c2nc(-c3ccccc3)c(-c3ccc4ncccc4c3)cc12. The van der Waals surface area contributed by atoms with Gasteiger partial charge in [-0.2, -0.15) is 0 Å². The second kappa shape index (κ2) is 7.08. The van der Waals surface area contributed by atoms with Gasteiger partial charge in [-0.15, -0.1) is 0 Å². The summed E-state index contributed by atoms with van der Waals surface area (Å²) >= 11 is 0. The van der Waals surface area contributed by atoms with Gasteiger partial charge in [-0.25, -0.2) is 4.98 Å². The number of nitrogens with one attached hydrogen (secondary N) is 1. The van der Waals surface area contributed by atoms with Crippen molar-refractivity contribution in [3.63, 3.8) is 0 Å². The van der Waals surface area contributed by atoms with Crippen molar-refractivity contribution in [3.05, 3.63) is 95.4 Å². The van der Waals surface area contributed by atoms with Crippen LogP contribution < -0.4 is 5.43 Å². The molecule has 2 aromatic carbocycles. The Morgan fingerprint density at radius 1 is 0.821 bits per heavy atom. The van der Waals surface area contributed by atoms with Crippen molar-refractivity contribution in [1.29, 1.82) is 0 Å². The van der Waals surface area contributed by atoms with Crippen LogP contribution in [0.4, 0.5) is 0 Å². The van der Waals surface area contributed by atoms with Crippen LogP contribution in [0.15, 0.2) is 90.0 Å². The lowest BCUT2D eigenvalue weighted by Gasteiger charge is -2.12. The lowest BCUT2D eigenvalue weighted by Crippen LogP contribution is -2.03. The van der Waals surface area contributed by atoms with Gasteiger partial charge in [0, 0.05) is 35.0 Å². The molecule has 1 N–H and O–H groups in total. The normalized spacial score (nSPS) is 10.7. The summed E-state index contributed by atoms with van der Waals surface area (Å²) in [4.78, 5) is 24.6. The molecule has 5 aromatic rings. The first-order valence-electron chi connectivity index (χ1n) is 8.73. The summed E-state index contributed by atoms with van der Waals surface area (Å²) in [6.07, 6.45) is 3.42. The van der Waals surface area contributed by atoms with Crippen molar-refractivity contribution in [2.24, 2.45) is 0 Å². The maximum Gasteiger partial charge on any atom is 0.191 e. The van der Waals surface area contributed by atoms with Gasteiger partial charge in [-0.05, 0) is 29.8 Å². The highest BCUT2D eigenvalue weighted by Crippen LogP contribution is 2.33. The van der Waals surface area contributed by atoms with E-state index in [1.165, 1.54) is 6.07 Å². The quantitative estimate of drug-likeness (QED) is 0.453. The lowest BCUT2D eigenvalue weighted by atomic mass is 9.97. The molecule has 4 heteroatoms. The van der Waals surface area contributed by atoms with E-state index in [1.54, 1.807) is 12.4 Å². The molecule has 0 aliphatic rings. The zero-order valence-corrected chi connectivity index (χ0v) is 14.4. The average Bonchev–Trinajstić information content (AvgIpc) is 2.73. The number of fused-ring (bicyclic) bond motifs is 2. The lowest BCUT2D eigenvalue weighted by molar-refractivity contribution is 1.28. The molecule has 3 heterocycles. The van der Waals surface area contributed by atoms with Gasteiger partial charge in [0.2, 0.25) is 0 Å². The predicted molar refractivity (Wildman–Crippen MR) is 115 cm³/mol. The van der Waals surface area contributed by atoms with Crippen molar-refractivity contribution in [3.8, 4) is 22.4 Å². The van der Waals surface area contributed by atoms with E-state index >= 15 is 0 Å². The molecular weight excluding hydrogens is 346 g/mol. The smallest absolute Gasteiger partial charge is 0.191 e. The molecule has 136 valence electrons. The van der Waals surface area contributed by atoms with E-state index in [4.69, 9.17) is 4.98 Å². The zero-order chi connectivity index (χ0) is 18.2. The Labute approximate surface area is 162 Å². The molecule has 0 aliphatic heterocycles. The van der Waals surface area contributed by atoms with E-state index in [2.05, 4.69) is 16.0 Å². The van der Waals surface area contributed by atoms with Crippen LogP contribution >= 0.6 is 0 Å². The Balaban J connectivity index is 0.00000192. The van der Waals surface area contributed by atoms with E-state index in [1.807, 2.05) is 60.7 Å². The van der Waals surface area contributed by atoms with Crippen LogP contribution in [-0.4, -0.2) is 15.0 Å². The van der Waals surface area contributed by atoms with Crippen LogP contribution in [0.5, 0.6) is 0 Å². The minimum atomic E-state index is -0.0421. The minimum absolute atomic E-state index is 0. The Kier molecular flexibility index (Phi) is 4.45. The maximum absolute atomic E-state index is 12.4. The van der Waals surface area contributed by atoms with Gasteiger partial charge in [0.15, 0.2) is 5.43 Å². The summed E-state index contributed by atoms with van der Waals surface area (Å²) < 4.78 is 0. The molecule has 28 heavy (non-hydrogen) atoms. The molecule has 0 fully saturated rings. The molecule has 0 atom stereocenters. The number of aromatic nitrogens is 3. The highest BCUT2D eigenvalue weighted by molar-refractivity contribution is 5.93. The highest BCUT2D eigenvalue weighted by atomic mass is 16.1. The van der Waals surface area contributed by atoms with Crippen LogP contribution in [0, 0.1) is 0 Å². The third-order valence-corrected chi connectivity index (χ3v) is 4.70. The monoisotopic (exact) mass is 365 g/mol. The number of aromatic amines is 1. The van der Waals surface area contributed by atoms with Gasteiger partial charge in [0.25, 0.3) is 0 Å². The van der Waals surface area contributed by atoms with Gasteiger partial charge in [-0.3, -0.25) is 9.78 Å². The number of rotatable bonds is 2. The summed E-state index contributed by atoms with van der Waals surface area (Å²) in [5.74, 6) is 0. The van der Waals surface area contributed by atoms with Crippen LogP contribution in [-0.2, 0) is 0 Å². The molecule has 0 aliphatic carbocycles. The Morgan fingerprint density at radius 3 is 2.54 bits per heavy atom. The highest BCUT2D eigenvalue weighted by Gasteiger charge is 2.13. The summed E-state index contributed by atoms with van der Waals surface area (Å²) in [5.41, 5.74) is 5.27. The van der Waals surface area contributed by atoms with Crippen molar-refractivity contribution in [2.45, 2.75) is 7.43 Å². The minimum Gasteiger partial charge on any atom is -0.346 e. The second-order valence-electron chi connectivity index (χ2n) is 6.40. The maximum atomic E-state index is 12.4. The fourth-order valence-electron chi connectivity index (χ4n) is 3.38. The molecule has 5 rings (SSSR count). The average molecular weight is 365 g/mol. The van der Waals surface area contributed by atoms with Crippen molar-refractivity contribution in [1.82, 2.24) is 15.0 Å². The number of nitrogens with zero attached hydrogens (tertiary/aromatic N) is 2. The van der Waals surface area contributed by atoms with E-state index < -0.39 is 0 Å². The molecular formula is C24H19N3O. The topological polar surface area (TPSA) is 58.6 Å². The summed E-state index contributed by atoms with van der Waals surface area (Å²) in [5, 5.41) is 1.63. The fourth-order valence-corrected chi connectivity index (χ4v) is 3.38. The molecule has 0 unspecified atom stereocenters. The number of benzene rings is 2. The van der Waals surface area contributed by atoms with Crippen LogP contribution in [0.1, 0.15) is 7.43 Å². The standard InChI is InChI=1S/C23H15N3O.CH4/c27-21-10-12-25-23-19(21)14-18(22(26-23)15-5-2-1-3-6-15)16-8-9-20-17(13-16)7-4-11-24-20;/h1-14H,(H,25,26,27);1H4. The van der Waals surface area contributed by atoms with Gasteiger partial charge in [0.1, 0.15) is 5.65 Å². The van der Waals surface area contributed by atoms with Crippen LogP contribution in [0.2, 0.25) is 0 Å². The Morgan fingerprint density at radius 2 is 1.68 bits per heavy atom. The summed E-state index contributed by atoms with van der Waals surface area (Å²) in [7, 11) is 0. The molecule has 0 radical (unpaired) electrons. The van der Waals surface area contributed by atoms with E-state index in [9.17, 15) is 4.79 Å². The molecule has 0 saturated heterocycles. The summed E-state index contributed by atoms with van der Waals surface area (Å²) in [6.45, 7) is 0. The molecule has 3 aromatic heterocycles. The first kappa shape index (κ1) is 17.6. The predicted octanol–water partition coefficient (Wildman–Crippen LogP) is 5.44.